The average Bonchev–Trinajstić information content (AvgIpc) is 3.09. The van der Waals surface area contributed by atoms with Crippen LogP contribution in [0.2, 0.25) is 0 Å². The maximum absolute atomic E-state index is 14.4. The van der Waals surface area contributed by atoms with Crippen molar-refractivity contribution in [2.75, 3.05) is 7.11 Å². The number of nitrogens with zero attached hydrogens (tertiary/aromatic N) is 3. The van der Waals surface area contributed by atoms with E-state index in [0.29, 0.717) is 11.3 Å². The molecule has 2 aromatic heterocycles. The lowest BCUT2D eigenvalue weighted by Gasteiger charge is -2.09. The molecule has 0 atom stereocenters. The molecule has 0 saturated carbocycles. The Morgan fingerprint density at radius 3 is 2.62 bits per heavy atom. The van der Waals surface area contributed by atoms with Crippen LogP contribution < -0.4 is 4.74 Å². The Bertz CT molecular complexity index is 1030. The number of hydrogen-bond acceptors (Lipinski definition) is 7. The Labute approximate surface area is 152 Å². The quantitative estimate of drug-likeness (QED) is 0.644. The molecule has 0 aliphatic carbocycles. The lowest BCUT2D eigenvalue weighted by molar-refractivity contribution is 0.0594. The monoisotopic (exact) mass is 369 g/mol. The molecule has 0 saturated heterocycles. The molecule has 0 spiro atoms. The van der Waals surface area contributed by atoms with E-state index in [9.17, 15) is 14.4 Å². The van der Waals surface area contributed by atoms with Crippen LogP contribution in [0.1, 0.15) is 21.2 Å². The van der Waals surface area contributed by atoms with Gasteiger partial charge in [0.15, 0.2) is 23.0 Å². The number of halogens is 1. The van der Waals surface area contributed by atoms with Crippen molar-refractivity contribution in [2.45, 2.75) is 6.92 Å². The van der Waals surface area contributed by atoms with Crippen molar-refractivity contribution in [3.8, 4) is 28.8 Å². The molecule has 2 heterocycles. The first-order chi connectivity index (χ1) is 12.5. The van der Waals surface area contributed by atoms with Gasteiger partial charge >= 0.3 is 5.97 Å². The zero-order valence-corrected chi connectivity index (χ0v) is 14.6. The van der Waals surface area contributed by atoms with Crippen molar-refractivity contribution >= 4 is 17.3 Å². The van der Waals surface area contributed by atoms with Gasteiger partial charge in [0, 0.05) is 10.9 Å². The molecule has 0 N–H and O–H groups in total. The number of esters is 1. The first kappa shape index (κ1) is 17.5. The normalized spacial score (nSPS) is 10.2. The number of rotatable bonds is 4. The third kappa shape index (κ3) is 3.53. The standard InChI is InChI=1S/C18H12FN3O3S/c1-10-21-15(9-26-10)11-3-5-16(12(19)7-11)25-17-6-4-13(18(23)24-2)22-14(17)8-20/h3-7,9H,1-2H3. The van der Waals surface area contributed by atoms with Crippen molar-refractivity contribution < 1.29 is 18.7 Å². The van der Waals surface area contributed by atoms with Crippen LogP contribution in [0.15, 0.2) is 35.7 Å². The van der Waals surface area contributed by atoms with Gasteiger partial charge in [-0.1, -0.05) is 0 Å². The van der Waals surface area contributed by atoms with E-state index in [1.54, 1.807) is 6.07 Å². The smallest absolute Gasteiger partial charge is 0.356 e. The molecule has 0 aliphatic heterocycles. The summed E-state index contributed by atoms with van der Waals surface area (Å²) in [6.07, 6.45) is 0. The number of aryl methyl sites for hydroxylation is 1. The molecule has 1 aromatic carbocycles. The minimum Gasteiger partial charge on any atom is -0.464 e. The fraction of sp³-hybridized carbons (Fsp3) is 0.111. The van der Waals surface area contributed by atoms with Gasteiger partial charge in [0.2, 0.25) is 0 Å². The van der Waals surface area contributed by atoms with Gasteiger partial charge in [-0.3, -0.25) is 0 Å². The van der Waals surface area contributed by atoms with Crippen LogP contribution in [-0.2, 0) is 4.74 Å². The number of carbonyl (C=O) groups is 1. The molecule has 8 heteroatoms. The highest BCUT2D eigenvalue weighted by Crippen LogP contribution is 2.30. The summed E-state index contributed by atoms with van der Waals surface area (Å²) in [5, 5.41) is 11.9. The summed E-state index contributed by atoms with van der Waals surface area (Å²) in [4.78, 5) is 19.7. The van der Waals surface area contributed by atoms with Gasteiger partial charge < -0.3 is 9.47 Å². The fourth-order valence-corrected chi connectivity index (χ4v) is 2.81. The van der Waals surface area contributed by atoms with E-state index in [2.05, 4.69) is 14.7 Å². The first-order valence-electron chi connectivity index (χ1n) is 7.41. The number of ether oxygens (including phenoxy) is 2. The number of hydrogen-bond donors (Lipinski definition) is 0. The Hall–Kier alpha value is -3.31. The molecule has 0 radical (unpaired) electrons. The molecule has 0 fully saturated rings. The fourth-order valence-electron chi connectivity index (χ4n) is 2.18. The van der Waals surface area contributed by atoms with E-state index in [0.717, 1.165) is 5.01 Å². The maximum atomic E-state index is 14.4. The van der Waals surface area contributed by atoms with Crippen LogP contribution in [0.5, 0.6) is 11.5 Å². The van der Waals surface area contributed by atoms with Gasteiger partial charge in [-0.15, -0.1) is 11.3 Å². The van der Waals surface area contributed by atoms with Gasteiger partial charge in [0.1, 0.15) is 11.8 Å². The summed E-state index contributed by atoms with van der Waals surface area (Å²) in [6.45, 7) is 1.87. The van der Waals surface area contributed by atoms with Crippen molar-refractivity contribution in [3.05, 3.63) is 57.9 Å². The number of methoxy groups -OCH3 is 1. The molecule has 3 rings (SSSR count). The molecule has 0 bridgehead atoms. The van der Waals surface area contributed by atoms with Gasteiger partial charge in [0.05, 0.1) is 17.8 Å². The second kappa shape index (κ2) is 7.29. The van der Waals surface area contributed by atoms with Crippen molar-refractivity contribution in [3.63, 3.8) is 0 Å². The lowest BCUT2D eigenvalue weighted by atomic mass is 10.1. The minimum absolute atomic E-state index is 0.0360. The van der Waals surface area contributed by atoms with E-state index in [4.69, 9.17) is 4.74 Å². The summed E-state index contributed by atoms with van der Waals surface area (Å²) >= 11 is 1.48. The van der Waals surface area contributed by atoms with Gasteiger partial charge in [-0.25, -0.2) is 19.2 Å². The van der Waals surface area contributed by atoms with E-state index in [1.165, 1.54) is 42.7 Å². The van der Waals surface area contributed by atoms with Crippen LogP contribution in [-0.4, -0.2) is 23.0 Å². The van der Waals surface area contributed by atoms with Gasteiger partial charge in [-0.2, -0.15) is 5.26 Å². The topological polar surface area (TPSA) is 85.1 Å². The molecule has 6 nitrogen and oxygen atoms in total. The summed E-state index contributed by atoms with van der Waals surface area (Å²) < 4.78 is 24.4. The Balaban J connectivity index is 1.89. The molecular formula is C18H12FN3O3S. The molecule has 130 valence electrons. The minimum atomic E-state index is -0.679. The highest BCUT2D eigenvalue weighted by atomic mass is 32.1. The number of aromatic nitrogens is 2. The van der Waals surface area contributed by atoms with E-state index in [-0.39, 0.29) is 22.9 Å². The molecule has 0 amide bonds. The maximum Gasteiger partial charge on any atom is 0.356 e. The zero-order valence-electron chi connectivity index (χ0n) is 13.8. The average molecular weight is 369 g/mol. The van der Waals surface area contributed by atoms with Crippen LogP contribution in [0.3, 0.4) is 0 Å². The summed E-state index contributed by atoms with van der Waals surface area (Å²) in [5.74, 6) is -1.31. The molecule has 0 unspecified atom stereocenters. The lowest BCUT2D eigenvalue weighted by Crippen LogP contribution is -2.06. The largest absolute Gasteiger partial charge is 0.464 e. The highest BCUT2D eigenvalue weighted by Gasteiger charge is 2.15. The highest BCUT2D eigenvalue weighted by molar-refractivity contribution is 7.09. The van der Waals surface area contributed by atoms with Gasteiger partial charge in [0.25, 0.3) is 0 Å². The Morgan fingerprint density at radius 2 is 2.00 bits per heavy atom. The molecule has 0 aliphatic rings. The first-order valence-corrected chi connectivity index (χ1v) is 8.29. The number of nitriles is 1. The van der Waals surface area contributed by atoms with Crippen LogP contribution >= 0.6 is 11.3 Å². The van der Waals surface area contributed by atoms with E-state index < -0.39 is 11.8 Å². The number of thiazole rings is 1. The number of benzene rings is 1. The second-order valence-corrected chi connectivity index (χ2v) is 6.21. The van der Waals surface area contributed by atoms with Crippen LogP contribution in [0.25, 0.3) is 11.3 Å². The predicted molar refractivity (Wildman–Crippen MR) is 92.6 cm³/mol. The Kier molecular flexibility index (Phi) is 4.91. The Morgan fingerprint density at radius 1 is 1.23 bits per heavy atom. The van der Waals surface area contributed by atoms with E-state index >= 15 is 0 Å². The van der Waals surface area contributed by atoms with Crippen molar-refractivity contribution in [1.29, 1.82) is 5.26 Å². The predicted octanol–water partition coefficient (Wildman–Crippen LogP) is 4.10. The molecular weight excluding hydrogens is 357 g/mol. The third-order valence-electron chi connectivity index (χ3n) is 3.43. The van der Waals surface area contributed by atoms with Crippen molar-refractivity contribution in [1.82, 2.24) is 9.97 Å². The van der Waals surface area contributed by atoms with E-state index in [1.807, 2.05) is 18.4 Å². The van der Waals surface area contributed by atoms with Crippen LogP contribution in [0, 0.1) is 24.1 Å². The third-order valence-corrected chi connectivity index (χ3v) is 4.20. The summed E-state index contributed by atoms with van der Waals surface area (Å²) in [6, 6.07) is 8.97. The summed E-state index contributed by atoms with van der Waals surface area (Å²) in [5.41, 5.74) is 1.12. The number of pyridine rings is 1. The van der Waals surface area contributed by atoms with Crippen LogP contribution in [0.4, 0.5) is 4.39 Å². The number of carbonyl (C=O) groups excluding carboxylic acids is 1. The van der Waals surface area contributed by atoms with Crippen molar-refractivity contribution in [2.24, 2.45) is 0 Å². The molecule has 3 aromatic rings. The van der Waals surface area contributed by atoms with Gasteiger partial charge in [-0.05, 0) is 37.3 Å². The zero-order chi connectivity index (χ0) is 18.7. The summed E-state index contributed by atoms with van der Waals surface area (Å²) in [7, 11) is 1.21. The SMILES string of the molecule is COC(=O)c1ccc(Oc2ccc(-c3csc(C)n3)cc2F)c(C#N)n1. The second-order valence-electron chi connectivity index (χ2n) is 5.15. The molecule has 26 heavy (non-hydrogen) atoms.